The number of ether oxygens (including phenoxy) is 2. The number of anilines is 1. The molecule has 3 aromatic rings. The lowest BCUT2D eigenvalue weighted by Crippen LogP contribution is -2.22. The minimum Gasteiger partial charge on any atom is -0.454 e. The highest BCUT2D eigenvalue weighted by Crippen LogP contribution is 2.34. The van der Waals surface area contributed by atoms with Gasteiger partial charge >= 0.3 is 0 Å². The van der Waals surface area contributed by atoms with Crippen molar-refractivity contribution in [1.82, 2.24) is 14.8 Å². The van der Waals surface area contributed by atoms with Crippen LogP contribution in [-0.4, -0.2) is 32.7 Å². The Bertz CT molecular complexity index is 1060. The van der Waals surface area contributed by atoms with E-state index >= 15 is 0 Å². The van der Waals surface area contributed by atoms with Gasteiger partial charge in [-0.2, -0.15) is 0 Å². The van der Waals surface area contributed by atoms with Crippen LogP contribution in [0.25, 0.3) is 11.4 Å². The van der Waals surface area contributed by atoms with Gasteiger partial charge in [-0.15, -0.1) is 10.2 Å². The van der Waals surface area contributed by atoms with E-state index in [1.807, 2.05) is 11.5 Å². The van der Waals surface area contributed by atoms with Crippen LogP contribution in [0.5, 0.6) is 11.5 Å². The van der Waals surface area contributed by atoms with Gasteiger partial charge in [0, 0.05) is 23.9 Å². The smallest absolute Gasteiger partial charge is 0.237 e. The normalized spacial score (nSPS) is 13.3. The van der Waals surface area contributed by atoms with E-state index in [-0.39, 0.29) is 18.5 Å². The zero-order valence-corrected chi connectivity index (χ0v) is 16.7. The zero-order valence-electron chi connectivity index (χ0n) is 15.9. The summed E-state index contributed by atoms with van der Waals surface area (Å²) in [6.45, 7) is 4.52. The van der Waals surface area contributed by atoms with Crippen LogP contribution < -0.4 is 14.8 Å². The van der Waals surface area contributed by atoms with Crippen molar-refractivity contribution in [2.75, 3.05) is 12.1 Å². The van der Waals surface area contributed by atoms with E-state index < -0.39 is 5.25 Å². The van der Waals surface area contributed by atoms with Crippen LogP contribution in [0.2, 0.25) is 0 Å². The Labute approximate surface area is 171 Å². The van der Waals surface area contributed by atoms with Crippen molar-refractivity contribution in [3.8, 4) is 22.9 Å². The lowest BCUT2D eigenvalue weighted by molar-refractivity contribution is -0.115. The first-order chi connectivity index (χ1) is 14.0. The van der Waals surface area contributed by atoms with Gasteiger partial charge in [-0.25, -0.2) is 4.39 Å². The molecule has 0 fully saturated rings. The van der Waals surface area contributed by atoms with Gasteiger partial charge in [0.1, 0.15) is 5.82 Å². The van der Waals surface area contributed by atoms with E-state index in [4.69, 9.17) is 9.47 Å². The van der Waals surface area contributed by atoms with Crippen molar-refractivity contribution in [3.05, 3.63) is 48.3 Å². The largest absolute Gasteiger partial charge is 0.454 e. The lowest BCUT2D eigenvalue weighted by atomic mass is 10.2. The van der Waals surface area contributed by atoms with Crippen LogP contribution in [-0.2, 0) is 11.3 Å². The van der Waals surface area contributed by atoms with E-state index in [0.29, 0.717) is 40.3 Å². The predicted octanol–water partition coefficient (Wildman–Crippen LogP) is 3.95. The fourth-order valence-corrected chi connectivity index (χ4v) is 3.84. The van der Waals surface area contributed by atoms with Gasteiger partial charge in [0.2, 0.25) is 12.7 Å². The van der Waals surface area contributed by atoms with Crippen molar-refractivity contribution < 1.29 is 18.7 Å². The van der Waals surface area contributed by atoms with Crippen molar-refractivity contribution >= 4 is 23.4 Å². The summed E-state index contributed by atoms with van der Waals surface area (Å²) in [6, 6.07) is 11.5. The van der Waals surface area contributed by atoms with E-state index in [0.717, 1.165) is 0 Å². The minimum absolute atomic E-state index is 0.174. The number of nitrogens with zero attached hydrogens (tertiary/aromatic N) is 3. The molecule has 0 saturated carbocycles. The maximum atomic E-state index is 13.6. The fourth-order valence-electron chi connectivity index (χ4n) is 2.93. The van der Waals surface area contributed by atoms with Crippen molar-refractivity contribution in [3.63, 3.8) is 0 Å². The molecule has 2 heterocycles. The molecule has 7 nitrogen and oxygen atoms in total. The molecule has 1 N–H and O–H groups in total. The van der Waals surface area contributed by atoms with Crippen LogP contribution in [0.15, 0.2) is 47.6 Å². The second-order valence-electron chi connectivity index (χ2n) is 6.38. The predicted molar refractivity (Wildman–Crippen MR) is 108 cm³/mol. The maximum Gasteiger partial charge on any atom is 0.237 e. The molecule has 0 radical (unpaired) electrons. The Morgan fingerprint density at radius 1 is 1.24 bits per heavy atom. The fraction of sp³-hybridized carbons (Fsp3) is 0.250. The summed E-state index contributed by atoms with van der Waals surface area (Å²) in [6.07, 6.45) is 0. The van der Waals surface area contributed by atoms with Gasteiger partial charge in [0.25, 0.3) is 0 Å². The Hall–Kier alpha value is -3.07. The molecule has 0 aliphatic carbocycles. The molecular weight excluding hydrogens is 395 g/mol. The average molecular weight is 414 g/mol. The molecule has 1 aliphatic heterocycles. The highest BCUT2D eigenvalue weighted by molar-refractivity contribution is 8.00. The first-order valence-electron chi connectivity index (χ1n) is 9.11. The van der Waals surface area contributed by atoms with Crippen molar-refractivity contribution in [2.24, 2.45) is 0 Å². The summed E-state index contributed by atoms with van der Waals surface area (Å²) in [5.74, 6) is 1.32. The number of rotatable bonds is 6. The topological polar surface area (TPSA) is 78.3 Å². The number of halogens is 1. The maximum absolute atomic E-state index is 13.6. The molecule has 1 atom stereocenters. The minimum atomic E-state index is -0.421. The molecule has 4 rings (SSSR count). The molecule has 1 aliphatic rings. The quantitative estimate of drug-likeness (QED) is 0.616. The average Bonchev–Trinajstić information content (AvgIpc) is 3.34. The number of benzene rings is 2. The van der Waals surface area contributed by atoms with E-state index in [1.165, 1.54) is 23.9 Å². The molecule has 29 heavy (non-hydrogen) atoms. The molecule has 9 heteroatoms. The van der Waals surface area contributed by atoms with Gasteiger partial charge in [-0.1, -0.05) is 23.9 Å². The number of carbonyl (C=O) groups excluding carboxylic acids is 1. The number of hydrogen-bond acceptors (Lipinski definition) is 6. The molecular formula is C20H19FN4O3S. The first kappa shape index (κ1) is 19.3. The van der Waals surface area contributed by atoms with Gasteiger partial charge in [0.05, 0.1) is 5.25 Å². The zero-order chi connectivity index (χ0) is 20.4. The number of fused-ring (bicyclic) bond motifs is 1. The lowest BCUT2D eigenvalue weighted by Gasteiger charge is -2.13. The number of carbonyl (C=O) groups is 1. The van der Waals surface area contributed by atoms with Gasteiger partial charge in [-0.05, 0) is 38.1 Å². The molecule has 0 spiro atoms. The number of nitrogens with one attached hydrogen (secondary N) is 1. The third-order valence-electron chi connectivity index (χ3n) is 4.41. The number of amides is 1. The Morgan fingerprint density at radius 2 is 2.07 bits per heavy atom. The summed E-state index contributed by atoms with van der Waals surface area (Å²) in [7, 11) is 0. The molecule has 1 aromatic heterocycles. The monoisotopic (exact) mass is 414 g/mol. The molecule has 0 bridgehead atoms. The van der Waals surface area contributed by atoms with Crippen LogP contribution in [0.4, 0.5) is 10.1 Å². The summed E-state index contributed by atoms with van der Waals surface area (Å²) in [5.41, 5.74) is 1.27. The molecule has 150 valence electrons. The summed E-state index contributed by atoms with van der Waals surface area (Å²) < 4.78 is 26.0. The van der Waals surface area contributed by atoms with E-state index in [1.54, 1.807) is 37.3 Å². The van der Waals surface area contributed by atoms with E-state index in [2.05, 4.69) is 15.5 Å². The second kappa shape index (κ2) is 8.12. The Balaban J connectivity index is 1.48. The third-order valence-corrected chi connectivity index (χ3v) is 5.49. The first-order valence-corrected chi connectivity index (χ1v) is 9.99. The number of aromatic nitrogens is 3. The highest BCUT2D eigenvalue weighted by atomic mass is 32.2. The van der Waals surface area contributed by atoms with Gasteiger partial charge in [-0.3, -0.25) is 4.79 Å². The van der Waals surface area contributed by atoms with Crippen LogP contribution in [0.3, 0.4) is 0 Å². The van der Waals surface area contributed by atoms with Crippen molar-refractivity contribution in [1.29, 1.82) is 0 Å². The number of hydrogen-bond donors (Lipinski definition) is 1. The van der Waals surface area contributed by atoms with E-state index in [9.17, 15) is 9.18 Å². The Morgan fingerprint density at radius 3 is 2.86 bits per heavy atom. The summed E-state index contributed by atoms with van der Waals surface area (Å²) in [5, 5.41) is 11.5. The van der Waals surface area contributed by atoms with Gasteiger partial charge < -0.3 is 19.4 Å². The van der Waals surface area contributed by atoms with Crippen LogP contribution in [0.1, 0.15) is 13.8 Å². The summed E-state index contributed by atoms with van der Waals surface area (Å²) in [4.78, 5) is 12.6. The van der Waals surface area contributed by atoms with Gasteiger partial charge in [0.15, 0.2) is 22.5 Å². The standard InChI is InChI=1S/C20H19FN4O3S/c1-3-25-18(13-5-4-6-14(21)9-13)23-24-20(25)29-12(2)19(26)22-15-7-8-16-17(10-15)28-11-27-16/h4-10,12H,3,11H2,1-2H3,(H,22,26). The number of thioether (sulfide) groups is 1. The molecule has 0 saturated heterocycles. The molecule has 1 unspecified atom stereocenters. The second-order valence-corrected chi connectivity index (χ2v) is 7.69. The third kappa shape index (κ3) is 4.04. The van der Waals surface area contributed by atoms with Crippen molar-refractivity contribution in [2.45, 2.75) is 30.8 Å². The summed E-state index contributed by atoms with van der Waals surface area (Å²) >= 11 is 1.29. The SMILES string of the molecule is CCn1c(SC(C)C(=O)Nc2ccc3c(c2)OCO3)nnc1-c1cccc(F)c1. The molecule has 1 amide bonds. The highest BCUT2D eigenvalue weighted by Gasteiger charge is 2.21. The van der Waals surface area contributed by atoms with Crippen LogP contribution >= 0.6 is 11.8 Å². The Kier molecular flexibility index (Phi) is 5.39. The molecule has 2 aromatic carbocycles. The van der Waals surface area contributed by atoms with Crippen LogP contribution in [0, 0.1) is 5.82 Å².